The van der Waals surface area contributed by atoms with Gasteiger partial charge in [0, 0.05) is 12.0 Å². The average Bonchev–Trinajstić information content (AvgIpc) is 2.74. The fourth-order valence-electron chi connectivity index (χ4n) is 3.97. The molecule has 1 aliphatic carbocycles. The molecule has 3 heteroatoms. The van der Waals surface area contributed by atoms with Gasteiger partial charge in [0.1, 0.15) is 18.1 Å². The van der Waals surface area contributed by atoms with Gasteiger partial charge in [-0.25, -0.2) is 0 Å². The topological polar surface area (TPSA) is 30.5 Å². The Hall–Kier alpha value is -2.26. The van der Waals surface area contributed by atoms with E-state index in [4.69, 9.17) is 9.47 Å². The summed E-state index contributed by atoms with van der Waals surface area (Å²) in [6.07, 6.45) is 13.1. The van der Waals surface area contributed by atoms with Crippen LogP contribution in [0.15, 0.2) is 60.9 Å². The van der Waals surface area contributed by atoms with E-state index in [1.165, 1.54) is 5.56 Å². The van der Waals surface area contributed by atoms with Crippen molar-refractivity contribution in [3.63, 3.8) is 0 Å². The Morgan fingerprint density at radius 3 is 2.82 bits per heavy atom. The van der Waals surface area contributed by atoms with E-state index in [-0.39, 0.29) is 5.92 Å². The number of ether oxygens (including phenoxy) is 2. The lowest BCUT2D eigenvalue weighted by Gasteiger charge is -2.34. The lowest BCUT2D eigenvalue weighted by atomic mass is 9.77. The van der Waals surface area contributed by atoms with E-state index in [0.717, 1.165) is 42.0 Å². The minimum absolute atomic E-state index is 0.278. The highest BCUT2D eigenvalue weighted by molar-refractivity contribution is 5.69. The van der Waals surface area contributed by atoms with E-state index in [2.05, 4.69) is 62.2 Å². The molecule has 0 aromatic heterocycles. The molecule has 1 aromatic carbocycles. The van der Waals surface area contributed by atoms with Crippen LogP contribution in [-0.2, 0) is 4.74 Å². The quantitative estimate of drug-likeness (QED) is 0.610. The molecule has 0 fully saturated rings. The summed E-state index contributed by atoms with van der Waals surface area (Å²) >= 11 is 0. The van der Waals surface area contributed by atoms with E-state index in [9.17, 15) is 0 Å². The molecule has 2 aliphatic rings. The Labute approximate surface area is 169 Å². The van der Waals surface area contributed by atoms with Crippen molar-refractivity contribution in [2.75, 3.05) is 19.8 Å². The van der Waals surface area contributed by atoms with Crippen molar-refractivity contribution >= 4 is 5.57 Å². The van der Waals surface area contributed by atoms with Gasteiger partial charge in [-0.1, -0.05) is 37.8 Å². The van der Waals surface area contributed by atoms with Gasteiger partial charge in [0.25, 0.3) is 0 Å². The maximum absolute atomic E-state index is 5.71. The molecule has 0 amide bonds. The Morgan fingerprint density at radius 2 is 2.14 bits per heavy atom. The summed E-state index contributed by atoms with van der Waals surface area (Å²) in [7, 11) is 0. The van der Waals surface area contributed by atoms with E-state index in [0.29, 0.717) is 25.2 Å². The van der Waals surface area contributed by atoms with Gasteiger partial charge in [-0.3, -0.25) is 0 Å². The lowest BCUT2D eigenvalue weighted by molar-refractivity contribution is 0.227. The third kappa shape index (κ3) is 4.96. The van der Waals surface area contributed by atoms with Crippen LogP contribution in [0.25, 0.3) is 5.57 Å². The molecular weight excluding hydrogens is 346 g/mol. The minimum atomic E-state index is 0.278. The van der Waals surface area contributed by atoms with E-state index in [1.54, 1.807) is 0 Å². The molecule has 3 atom stereocenters. The number of allylic oxidation sites excluding steroid dienone is 3. The monoisotopic (exact) mass is 379 g/mol. The van der Waals surface area contributed by atoms with Crippen molar-refractivity contribution in [3.8, 4) is 5.75 Å². The standard InChI is InChI=1S/C25H33NO2/c1-5-20-10-12-23(24(16-20)26-17-22-9-7-8-14-28-22)19(4)21-11-13-25(27-6-2)18(3)15-21/h7-13,15,20,23-24,26H,4-6,14,16-17H2,1-3H3. The van der Waals surface area contributed by atoms with Gasteiger partial charge in [-0.05, 0) is 73.6 Å². The first-order valence-electron chi connectivity index (χ1n) is 10.4. The van der Waals surface area contributed by atoms with Gasteiger partial charge in [0.15, 0.2) is 0 Å². The third-order valence-electron chi connectivity index (χ3n) is 5.67. The summed E-state index contributed by atoms with van der Waals surface area (Å²) in [5, 5.41) is 3.74. The fourth-order valence-corrected chi connectivity index (χ4v) is 3.97. The average molecular weight is 380 g/mol. The molecule has 1 heterocycles. The molecule has 1 aliphatic heterocycles. The maximum Gasteiger partial charge on any atom is 0.122 e. The number of hydrogen-bond acceptors (Lipinski definition) is 3. The van der Waals surface area contributed by atoms with Crippen molar-refractivity contribution in [2.45, 2.75) is 39.7 Å². The van der Waals surface area contributed by atoms with Crippen LogP contribution in [0.4, 0.5) is 0 Å². The molecule has 0 spiro atoms. The Kier molecular flexibility index (Phi) is 7.16. The summed E-state index contributed by atoms with van der Waals surface area (Å²) in [6.45, 7) is 12.9. The van der Waals surface area contributed by atoms with Gasteiger partial charge in [-0.2, -0.15) is 0 Å². The molecule has 0 bridgehead atoms. The van der Waals surface area contributed by atoms with E-state index in [1.807, 2.05) is 19.1 Å². The molecule has 3 rings (SSSR count). The molecule has 1 N–H and O–H groups in total. The van der Waals surface area contributed by atoms with Crippen molar-refractivity contribution in [2.24, 2.45) is 11.8 Å². The van der Waals surface area contributed by atoms with Crippen LogP contribution in [0.1, 0.15) is 37.8 Å². The Morgan fingerprint density at radius 1 is 1.29 bits per heavy atom. The molecule has 28 heavy (non-hydrogen) atoms. The first-order valence-corrected chi connectivity index (χ1v) is 10.4. The summed E-state index contributed by atoms with van der Waals surface area (Å²) in [5.41, 5.74) is 3.50. The lowest BCUT2D eigenvalue weighted by Crippen LogP contribution is -2.40. The summed E-state index contributed by atoms with van der Waals surface area (Å²) in [6, 6.07) is 6.75. The van der Waals surface area contributed by atoms with Crippen LogP contribution in [0.3, 0.4) is 0 Å². The highest BCUT2D eigenvalue weighted by atomic mass is 16.5. The van der Waals surface area contributed by atoms with Gasteiger partial charge in [0.05, 0.1) is 13.2 Å². The zero-order valence-corrected chi connectivity index (χ0v) is 17.4. The van der Waals surface area contributed by atoms with E-state index >= 15 is 0 Å². The smallest absolute Gasteiger partial charge is 0.122 e. The predicted octanol–water partition coefficient (Wildman–Crippen LogP) is 5.44. The fraction of sp³-hybridized carbons (Fsp3) is 0.440. The van der Waals surface area contributed by atoms with Gasteiger partial charge in [-0.15, -0.1) is 0 Å². The van der Waals surface area contributed by atoms with Crippen molar-refractivity contribution < 1.29 is 9.47 Å². The van der Waals surface area contributed by atoms with E-state index < -0.39 is 0 Å². The zero-order valence-electron chi connectivity index (χ0n) is 17.4. The first kappa shape index (κ1) is 20.5. The zero-order chi connectivity index (χ0) is 19.9. The highest BCUT2D eigenvalue weighted by Crippen LogP contribution is 2.35. The molecule has 3 unspecified atom stereocenters. The normalized spacial score (nSPS) is 23.8. The maximum atomic E-state index is 5.71. The van der Waals surface area contributed by atoms with Crippen molar-refractivity contribution in [1.29, 1.82) is 0 Å². The van der Waals surface area contributed by atoms with Crippen LogP contribution in [0.5, 0.6) is 5.75 Å². The minimum Gasteiger partial charge on any atom is -0.494 e. The highest BCUT2D eigenvalue weighted by Gasteiger charge is 2.28. The van der Waals surface area contributed by atoms with Crippen molar-refractivity contribution in [3.05, 3.63) is 72.0 Å². The number of hydrogen-bond donors (Lipinski definition) is 1. The largest absolute Gasteiger partial charge is 0.494 e. The molecule has 150 valence electrons. The third-order valence-corrected chi connectivity index (χ3v) is 5.67. The number of aryl methyl sites for hydroxylation is 1. The molecular formula is C25H33NO2. The number of benzene rings is 1. The number of rotatable bonds is 8. The molecule has 0 radical (unpaired) electrons. The molecule has 3 nitrogen and oxygen atoms in total. The Bertz CT molecular complexity index is 775. The van der Waals surface area contributed by atoms with Crippen molar-refractivity contribution in [1.82, 2.24) is 5.32 Å². The van der Waals surface area contributed by atoms with Crippen LogP contribution in [0, 0.1) is 18.8 Å². The molecule has 0 saturated heterocycles. The summed E-state index contributed by atoms with van der Waals surface area (Å²) in [4.78, 5) is 0. The predicted molar refractivity (Wildman–Crippen MR) is 117 cm³/mol. The van der Waals surface area contributed by atoms with Crippen LogP contribution in [0.2, 0.25) is 0 Å². The second-order valence-corrected chi connectivity index (χ2v) is 7.61. The van der Waals surface area contributed by atoms with Gasteiger partial charge in [0.2, 0.25) is 0 Å². The summed E-state index contributed by atoms with van der Waals surface area (Å²) in [5.74, 6) is 2.85. The second-order valence-electron chi connectivity index (χ2n) is 7.61. The summed E-state index contributed by atoms with van der Waals surface area (Å²) < 4.78 is 11.4. The van der Waals surface area contributed by atoms with Crippen LogP contribution in [-0.4, -0.2) is 25.8 Å². The SMILES string of the molecule is C=C(c1ccc(OCC)c(C)c1)C1C=CC(CC)CC1NCC1=CC=CCO1. The molecule has 1 aromatic rings. The first-order chi connectivity index (χ1) is 13.6. The Balaban J connectivity index is 1.75. The van der Waals surface area contributed by atoms with Gasteiger partial charge < -0.3 is 14.8 Å². The van der Waals surface area contributed by atoms with Crippen LogP contribution >= 0.6 is 0 Å². The number of nitrogens with one attached hydrogen (secondary N) is 1. The van der Waals surface area contributed by atoms with Crippen LogP contribution < -0.4 is 10.1 Å². The molecule has 0 saturated carbocycles. The van der Waals surface area contributed by atoms with Gasteiger partial charge >= 0.3 is 0 Å². The second kappa shape index (κ2) is 9.79.